The maximum absolute atomic E-state index is 11.2. The van der Waals surface area contributed by atoms with Gasteiger partial charge in [-0.1, -0.05) is 0 Å². The summed E-state index contributed by atoms with van der Waals surface area (Å²) in [6.45, 7) is 0. The lowest BCUT2D eigenvalue weighted by Gasteiger charge is -2.32. The second-order valence-corrected chi connectivity index (χ2v) is 5.86. The largest absolute Gasteiger partial charge is 0.469 e. The Morgan fingerprint density at radius 1 is 1.26 bits per heavy atom. The van der Waals surface area contributed by atoms with Crippen molar-refractivity contribution in [2.24, 2.45) is 11.7 Å². The fourth-order valence-corrected chi connectivity index (χ4v) is 3.49. The van der Waals surface area contributed by atoms with Crippen LogP contribution in [0.15, 0.2) is 16.7 Å². The van der Waals surface area contributed by atoms with Gasteiger partial charge in [0.15, 0.2) is 0 Å². The summed E-state index contributed by atoms with van der Waals surface area (Å²) >= 11 is 0. The van der Waals surface area contributed by atoms with Gasteiger partial charge in [-0.3, -0.25) is 4.79 Å². The molecule has 3 N–H and O–H groups in total. The molecule has 0 aliphatic heterocycles. The van der Waals surface area contributed by atoms with E-state index < -0.39 is 0 Å². The number of aryl methyl sites for hydroxylation is 1. The highest BCUT2D eigenvalue weighted by molar-refractivity contribution is 5.76. The van der Waals surface area contributed by atoms with Gasteiger partial charge in [-0.05, 0) is 44.6 Å². The molecule has 1 amide bonds. The lowest BCUT2D eigenvalue weighted by molar-refractivity contribution is -0.122. The van der Waals surface area contributed by atoms with Crippen molar-refractivity contribution in [3.63, 3.8) is 0 Å². The van der Waals surface area contributed by atoms with Gasteiger partial charge in [-0.2, -0.15) is 0 Å². The third-order valence-corrected chi connectivity index (χ3v) is 4.62. The lowest BCUT2D eigenvalue weighted by atomic mass is 9.84. The van der Waals surface area contributed by atoms with E-state index >= 15 is 0 Å². The van der Waals surface area contributed by atoms with Crippen LogP contribution in [0.5, 0.6) is 0 Å². The summed E-state index contributed by atoms with van der Waals surface area (Å²) < 4.78 is 5.52. The molecule has 4 heteroatoms. The average molecular weight is 262 g/mol. The molecule has 0 bridgehead atoms. The fourth-order valence-electron chi connectivity index (χ4n) is 3.49. The predicted molar refractivity (Wildman–Crippen MR) is 72.5 cm³/mol. The molecule has 1 unspecified atom stereocenters. The molecule has 1 aromatic rings. The third-order valence-electron chi connectivity index (χ3n) is 4.62. The average Bonchev–Trinajstić information content (AvgIpc) is 2.89. The van der Waals surface area contributed by atoms with Crippen LogP contribution in [0.1, 0.15) is 55.9 Å². The number of nitrogens with two attached hydrogens (primary N) is 1. The van der Waals surface area contributed by atoms with E-state index in [0.29, 0.717) is 12.1 Å². The summed E-state index contributed by atoms with van der Waals surface area (Å²) in [5.41, 5.74) is 6.71. The minimum atomic E-state index is -0.131. The van der Waals surface area contributed by atoms with Crippen molar-refractivity contribution in [1.82, 2.24) is 5.32 Å². The lowest BCUT2D eigenvalue weighted by Crippen LogP contribution is -2.39. The van der Waals surface area contributed by atoms with E-state index in [1.165, 1.54) is 18.4 Å². The number of hydrogen-bond acceptors (Lipinski definition) is 3. The van der Waals surface area contributed by atoms with E-state index in [4.69, 9.17) is 10.2 Å². The zero-order valence-electron chi connectivity index (χ0n) is 11.2. The Kier molecular flexibility index (Phi) is 3.60. The van der Waals surface area contributed by atoms with Crippen LogP contribution < -0.4 is 11.1 Å². The number of carbonyl (C=O) groups is 1. The Morgan fingerprint density at radius 2 is 2.05 bits per heavy atom. The summed E-state index contributed by atoms with van der Waals surface area (Å²) in [7, 11) is 0. The number of hydrogen-bond donors (Lipinski definition) is 2. The van der Waals surface area contributed by atoms with Crippen molar-refractivity contribution >= 4 is 5.91 Å². The molecule has 0 saturated heterocycles. The maximum atomic E-state index is 11.2. The van der Waals surface area contributed by atoms with E-state index in [1.54, 1.807) is 6.26 Å². The van der Waals surface area contributed by atoms with Crippen LogP contribution in [0.2, 0.25) is 0 Å². The number of nitrogens with one attached hydrogen (secondary N) is 1. The molecule has 1 fully saturated rings. The van der Waals surface area contributed by atoms with Gasteiger partial charge >= 0.3 is 0 Å². The number of fused-ring (bicyclic) bond motifs is 1. The van der Waals surface area contributed by atoms with Crippen molar-refractivity contribution in [2.45, 2.75) is 57.0 Å². The molecule has 1 atom stereocenters. The molecule has 104 valence electrons. The molecule has 2 aliphatic rings. The minimum Gasteiger partial charge on any atom is -0.469 e. The van der Waals surface area contributed by atoms with Crippen LogP contribution in [0, 0.1) is 5.92 Å². The summed E-state index contributed by atoms with van der Waals surface area (Å²) in [4.78, 5) is 11.2. The molecule has 0 spiro atoms. The molecule has 3 rings (SSSR count). The highest BCUT2D eigenvalue weighted by Crippen LogP contribution is 2.33. The molecule has 0 aromatic carbocycles. The van der Waals surface area contributed by atoms with Crippen molar-refractivity contribution < 1.29 is 9.21 Å². The van der Waals surface area contributed by atoms with Gasteiger partial charge in [0.1, 0.15) is 5.76 Å². The van der Waals surface area contributed by atoms with E-state index in [9.17, 15) is 4.79 Å². The van der Waals surface area contributed by atoms with Crippen molar-refractivity contribution in [1.29, 1.82) is 0 Å². The van der Waals surface area contributed by atoms with Gasteiger partial charge in [0.2, 0.25) is 5.91 Å². The van der Waals surface area contributed by atoms with Crippen LogP contribution in [0.4, 0.5) is 0 Å². The van der Waals surface area contributed by atoms with Gasteiger partial charge in [0.05, 0.1) is 6.26 Å². The Balaban J connectivity index is 1.58. The Hall–Kier alpha value is -1.29. The van der Waals surface area contributed by atoms with Gasteiger partial charge < -0.3 is 15.5 Å². The van der Waals surface area contributed by atoms with Crippen LogP contribution in [0.25, 0.3) is 0 Å². The number of primary amides is 1. The maximum Gasteiger partial charge on any atom is 0.220 e. The van der Waals surface area contributed by atoms with Crippen LogP contribution in [-0.2, 0) is 11.2 Å². The van der Waals surface area contributed by atoms with E-state index in [1.807, 2.05) is 0 Å². The zero-order valence-corrected chi connectivity index (χ0v) is 11.2. The van der Waals surface area contributed by atoms with Gasteiger partial charge in [0, 0.05) is 30.0 Å². The first-order valence-corrected chi connectivity index (χ1v) is 7.35. The number of amides is 1. The van der Waals surface area contributed by atoms with Crippen LogP contribution in [-0.4, -0.2) is 11.9 Å². The SMILES string of the molecule is NC(=O)C1CCC(NC2CCCc3occc32)CC1. The molecule has 4 nitrogen and oxygen atoms in total. The van der Waals surface area contributed by atoms with E-state index in [-0.39, 0.29) is 11.8 Å². The molecule has 1 saturated carbocycles. The minimum absolute atomic E-state index is 0.0916. The highest BCUT2D eigenvalue weighted by Gasteiger charge is 2.28. The quantitative estimate of drug-likeness (QED) is 0.878. The Labute approximate surface area is 113 Å². The van der Waals surface area contributed by atoms with Crippen molar-refractivity contribution in [3.8, 4) is 0 Å². The second-order valence-electron chi connectivity index (χ2n) is 5.86. The smallest absolute Gasteiger partial charge is 0.220 e. The van der Waals surface area contributed by atoms with E-state index in [2.05, 4.69) is 11.4 Å². The summed E-state index contributed by atoms with van der Waals surface area (Å²) in [5.74, 6) is 1.11. The number of rotatable bonds is 3. The van der Waals surface area contributed by atoms with Crippen molar-refractivity contribution in [2.75, 3.05) is 0 Å². The Bertz CT molecular complexity index is 447. The summed E-state index contributed by atoms with van der Waals surface area (Å²) in [6, 6.07) is 3.04. The van der Waals surface area contributed by atoms with Gasteiger partial charge in [0.25, 0.3) is 0 Å². The molecule has 2 aliphatic carbocycles. The topological polar surface area (TPSA) is 68.3 Å². The molecule has 1 aromatic heterocycles. The predicted octanol–water partition coefficient (Wildman–Crippen LogP) is 2.29. The molecule has 0 radical (unpaired) electrons. The molecule has 19 heavy (non-hydrogen) atoms. The molecular weight excluding hydrogens is 240 g/mol. The first-order valence-electron chi connectivity index (χ1n) is 7.35. The van der Waals surface area contributed by atoms with E-state index in [0.717, 1.165) is 37.9 Å². The highest BCUT2D eigenvalue weighted by atomic mass is 16.3. The summed E-state index contributed by atoms with van der Waals surface area (Å²) in [6.07, 6.45) is 9.20. The zero-order chi connectivity index (χ0) is 13.2. The van der Waals surface area contributed by atoms with Gasteiger partial charge in [-0.25, -0.2) is 0 Å². The fraction of sp³-hybridized carbons (Fsp3) is 0.667. The van der Waals surface area contributed by atoms with Crippen LogP contribution in [0.3, 0.4) is 0 Å². The van der Waals surface area contributed by atoms with Crippen molar-refractivity contribution in [3.05, 3.63) is 23.7 Å². The monoisotopic (exact) mass is 262 g/mol. The summed E-state index contributed by atoms with van der Waals surface area (Å²) in [5, 5.41) is 3.75. The first-order chi connectivity index (χ1) is 9.24. The molecule has 1 heterocycles. The normalized spacial score (nSPS) is 30.8. The Morgan fingerprint density at radius 3 is 2.79 bits per heavy atom. The second kappa shape index (κ2) is 5.37. The molecular formula is C15H22N2O2. The number of carbonyl (C=O) groups excluding carboxylic acids is 1. The number of furan rings is 1. The standard InChI is InChI=1S/C15H22N2O2/c16-15(18)10-4-6-11(7-5-10)17-13-2-1-3-14-12(13)8-9-19-14/h8-11,13,17H,1-7H2,(H2,16,18). The van der Waals surface area contributed by atoms with Crippen LogP contribution >= 0.6 is 0 Å². The van der Waals surface area contributed by atoms with Gasteiger partial charge in [-0.15, -0.1) is 0 Å². The third kappa shape index (κ3) is 2.68. The first kappa shape index (κ1) is 12.7.